The quantitative estimate of drug-likeness (QED) is 0.749. The third-order valence-corrected chi connectivity index (χ3v) is 6.76. The van der Waals surface area contributed by atoms with E-state index in [1.54, 1.807) is 6.07 Å². The van der Waals surface area contributed by atoms with E-state index in [4.69, 9.17) is 0 Å². The van der Waals surface area contributed by atoms with Gasteiger partial charge in [-0.05, 0) is 72.9 Å². The molecule has 0 spiro atoms. The lowest BCUT2D eigenvalue weighted by Gasteiger charge is -2.44. The topological polar surface area (TPSA) is 74.6 Å². The summed E-state index contributed by atoms with van der Waals surface area (Å²) in [5.74, 6) is 0.342. The van der Waals surface area contributed by atoms with Gasteiger partial charge in [0.05, 0.1) is 10.5 Å². The Morgan fingerprint density at radius 3 is 2.56 bits per heavy atom. The Balaban J connectivity index is 1.89. The molecular formula is C22H28O4S. The van der Waals surface area contributed by atoms with Crippen LogP contribution in [-0.4, -0.2) is 23.7 Å². The molecule has 2 atom stereocenters. The van der Waals surface area contributed by atoms with E-state index >= 15 is 0 Å². The SMILES string of the molecule is Cc1ccc(S(=O)(=O)O)cc1CC[C@]1(O)CCc2ccccc2[C@@H]1C(C)C. The van der Waals surface area contributed by atoms with Gasteiger partial charge >= 0.3 is 0 Å². The molecule has 0 bridgehead atoms. The highest BCUT2D eigenvalue weighted by Gasteiger charge is 2.42. The van der Waals surface area contributed by atoms with E-state index < -0.39 is 15.7 Å². The Labute approximate surface area is 162 Å². The average Bonchev–Trinajstić information content (AvgIpc) is 2.59. The van der Waals surface area contributed by atoms with E-state index in [9.17, 15) is 18.1 Å². The molecule has 27 heavy (non-hydrogen) atoms. The zero-order valence-electron chi connectivity index (χ0n) is 16.1. The molecule has 5 heteroatoms. The maximum Gasteiger partial charge on any atom is 0.294 e. The number of aliphatic hydroxyl groups is 1. The molecule has 2 N–H and O–H groups in total. The molecule has 1 aliphatic carbocycles. The zero-order valence-corrected chi connectivity index (χ0v) is 17.0. The van der Waals surface area contributed by atoms with Crippen molar-refractivity contribution in [1.29, 1.82) is 0 Å². The summed E-state index contributed by atoms with van der Waals surface area (Å²) < 4.78 is 32.2. The van der Waals surface area contributed by atoms with Gasteiger partial charge in [-0.1, -0.05) is 44.2 Å². The molecule has 146 valence electrons. The Morgan fingerprint density at radius 1 is 1.19 bits per heavy atom. The Kier molecular flexibility index (Phi) is 5.48. The van der Waals surface area contributed by atoms with Crippen LogP contribution in [0, 0.1) is 12.8 Å². The molecule has 0 fully saturated rings. The number of benzene rings is 2. The van der Waals surface area contributed by atoms with Crippen molar-refractivity contribution < 1.29 is 18.1 Å². The third-order valence-electron chi connectivity index (χ3n) is 5.91. The van der Waals surface area contributed by atoms with Crippen LogP contribution in [0.25, 0.3) is 0 Å². The van der Waals surface area contributed by atoms with Crippen molar-refractivity contribution in [1.82, 2.24) is 0 Å². The van der Waals surface area contributed by atoms with Crippen LogP contribution in [0.5, 0.6) is 0 Å². The van der Waals surface area contributed by atoms with Gasteiger partial charge in [-0.2, -0.15) is 8.42 Å². The Hall–Kier alpha value is -1.69. The summed E-state index contributed by atoms with van der Waals surface area (Å²) in [7, 11) is -4.23. The largest absolute Gasteiger partial charge is 0.389 e. The fraction of sp³-hybridized carbons (Fsp3) is 0.455. The highest BCUT2D eigenvalue weighted by molar-refractivity contribution is 7.85. The van der Waals surface area contributed by atoms with Gasteiger partial charge in [0.15, 0.2) is 0 Å². The number of aryl methyl sites for hydroxylation is 3. The van der Waals surface area contributed by atoms with Crippen molar-refractivity contribution in [3.8, 4) is 0 Å². The van der Waals surface area contributed by atoms with E-state index in [0.717, 1.165) is 17.5 Å². The van der Waals surface area contributed by atoms with Crippen LogP contribution in [-0.2, 0) is 23.0 Å². The molecule has 0 aliphatic heterocycles. The molecule has 0 amide bonds. The summed E-state index contributed by atoms with van der Waals surface area (Å²) in [5.41, 5.74) is 3.52. The summed E-state index contributed by atoms with van der Waals surface area (Å²) in [4.78, 5) is -0.0931. The van der Waals surface area contributed by atoms with Crippen molar-refractivity contribution in [3.63, 3.8) is 0 Å². The summed E-state index contributed by atoms with van der Waals surface area (Å²) in [6.45, 7) is 6.20. The summed E-state index contributed by atoms with van der Waals surface area (Å²) >= 11 is 0. The average molecular weight is 389 g/mol. The standard InChI is InChI=1S/C22H28O4S/c1-15(2)21-20-7-5-4-6-17(20)10-12-22(21,23)13-11-18-14-19(27(24,25)26)9-8-16(18)3/h4-9,14-15,21,23H,10-13H2,1-3H3,(H,24,25,26)/t21-,22+/m0/s1. The molecule has 4 nitrogen and oxygen atoms in total. The second-order valence-electron chi connectivity index (χ2n) is 8.09. The first-order chi connectivity index (χ1) is 12.6. The second kappa shape index (κ2) is 7.38. The molecule has 2 aromatic rings. The van der Waals surface area contributed by atoms with E-state index in [1.165, 1.54) is 23.3 Å². The molecule has 0 radical (unpaired) electrons. The van der Waals surface area contributed by atoms with Crippen LogP contribution in [0.4, 0.5) is 0 Å². The summed E-state index contributed by atoms with van der Waals surface area (Å²) in [6.07, 6.45) is 2.67. The minimum atomic E-state index is -4.23. The van der Waals surface area contributed by atoms with Crippen LogP contribution in [0.1, 0.15) is 54.9 Å². The summed E-state index contributed by atoms with van der Waals surface area (Å²) in [6, 6.07) is 13.0. The molecule has 0 saturated heterocycles. The molecule has 1 aliphatic rings. The van der Waals surface area contributed by atoms with Gasteiger partial charge in [0.25, 0.3) is 10.1 Å². The Bertz CT molecular complexity index is 933. The second-order valence-corrected chi connectivity index (χ2v) is 9.51. The lowest BCUT2D eigenvalue weighted by atomic mass is 9.65. The smallest absolute Gasteiger partial charge is 0.294 e. The number of rotatable bonds is 5. The van der Waals surface area contributed by atoms with Crippen LogP contribution in [0.15, 0.2) is 47.4 Å². The van der Waals surface area contributed by atoms with Gasteiger partial charge in [0.2, 0.25) is 0 Å². The molecular weight excluding hydrogens is 360 g/mol. The molecule has 0 unspecified atom stereocenters. The van der Waals surface area contributed by atoms with E-state index in [2.05, 4.69) is 26.0 Å². The lowest BCUT2D eigenvalue weighted by Crippen LogP contribution is -2.43. The van der Waals surface area contributed by atoms with Crippen LogP contribution >= 0.6 is 0 Å². The first-order valence-electron chi connectivity index (χ1n) is 9.49. The van der Waals surface area contributed by atoms with Crippen molar-refractivity contribution in [3.05, 3.63) is 64.7 Å². The van der Waals surface area contributed by atoms with E-state index in [-0.39, 0.29) is 10.8 Å². The maximum absolute atomic E-state index is 11.6. The first kappa shape index (κ1) is 20.1. The minimum absolute atomic E-state index is 0.0486. The maximum atomic E-state index is 11.6. The van der Waals surface area contributed by atoms with E-state index in [1.807, 2.05) is 19.1 Å². The van der Waals surface area contributed by atoms with Crippen molar-refractivity contribution in [2.75, 3.05) is 0 Å². The van der Waals surface area contributed by atoms with E-state index in [0.29, 0.717) is 25.2 Å². The Morgan fingerprint density at radius 2 is 1.89 bits per heavy atom. The highest BCUT2D eigenvalue weighted by Crippen LogP contribution is 2.46. The van der Waals surface area contributed by atoms with Gasteiger partial charge in [-0.25, -0.2) is 0 Å². The predicted octanol–water partition coefficient (Wildman–Crippen LogP) is 4.29. The first-order valence-corrected chi connectivity index (χ1v) is 10.9. The van der Waals surface area contributed by atoms with Gasteiger partial charge in [-0.15, -0.1) is 0 Å². The number of hydrogen-bond donors (Lipinski definition) is 2. The van der Waals surface area contributed by atoms with Gasteiger partial charge in [0.1, 0.15) is 0 Å². The predicted molar refractivity (Wildman–Crippen MR) is 107 cm³/mol. The number of hydrogen-bond acceptors (Lipinski definition) is 3. The fourth-order valence-corrected chi connectivity index (χ4v) is 5.08. The molecule has 0 saturated carbocycles. The van der Waals surface area contributed by atoms with Crippen LogP contribution in [0.3, 0.4) is 0 Å². The molecule has 3 rings (SSSR count). The van der Waals surface area contributed by atoms with Crippen molar-refractivity contribution >= 4 is 10.1 Å². The van der Waals surface area contributed by atoms with Gasteiger partial charge in [-0.3, -0.25) is 4.55 Å². The molecule has 0 aromatic heterocycles. The van der Waals surface area contributed by atoms with Gasteiger partial charge in [0, 0.05) is 5.92 Å². The molecule has 0 heterocycles. The zero-order chi connectivity index (χ0) is 19.8. The van der Waals surface area contributed by atoms with Crippen LogP contribution in [0.2, 0.25) is 0 Å². The number of fused-ring (bicyclic) bond motifs is 1. The molecule has 2 aromatic carbocycles. The van der Waals surface area contributed by atoms with Crippen LogP contribution < -0.4 is 0 Å². The highest BCUT2D eigenvalue weighted by atomic mass is 32.2. The van der Waals surface area contributed by atoms with Crippen molar-refractivity contribution in [2.45, 2.75) is 62.9 Å². The third kappa shape index (κ3) is 4.10. The monoisotopic (exact) mass is 388 g/mol. The normalized spacial score (nSPS) is 22.7. The van der Waals surface area contributed by atoms with Crippen molar-refractivity contribution in [2.24, 2.45) is 5.92 Å². The minimum Gasteiger partial charge on any atom is -0.389 e. The fourth-order valence-electron chi connectivity index (χ4n) is 4.55. The summed E-state index contributed by atoms with van der Waals surface area (Å²) in [5, 5.41) is 11.6. The van der Waals surface area contributed by atoms with Gasteiger partial charge < -0.3 is 5.11 Å². The lowest BCUT2D eigenvalue weighted by molar-refractivity contribution is -0.0243.